The predicted molar refractivity (Wildman–Crippen MR) is 84.4 cm³/mol. The van der Waals surface area contributed by atoms with Crippen molar-refractivity contribution in [2.24, 2.45) is 22.7 Å². The van der Waals surface area contributed by atoms with E-state index in [-0.39, 0.29) is 5.41 Å². The Morgan fingerprint density at radius 3 is 2.11 bits per heavy atom. The number of hydrogen-bond donors (Lipinski definition) is 0. The highest BCUT2D eigenvalue weighted by Gasteiger charge is 2.46. The molecule has 0 N–H and O–H groups in total. The van der Waals surface area contributed by atoms with Crippen molar-refractivity contribution >= 4 is 25.8 Å². The van der Waals surface area contributed by atoms with E-state index in [1.807, 2.05) is 0 Å². The van der Waals surface area contributed by atoms with Gasteiger partial charge >= 0.3 is 0 Å². The maximum Gasteiger partial charge on any atom is 0.150 e. The van der Waals surface area contributed by atoms with Crippen molar-refractivity contribution in [3.63, 3.8) is 0 Å². The minimum Gasteiger partial charge on any atom is -0.229 e. The molecule has 1 atom stereocenters. The topological polar surface area (TPSA) is 34.1 Å². The van der Waals surface area contributed by atoms with Crippen LogP contribution in [0.25, 0.3) is 0 Å². The Morgan fingerprint density at radius 1 is 1.16 bits per heavy atom. The summed E-state index contributed by atoms with van der Waals surface area (Å²) in [4.78, 5) is 0. The Kier molecular flexibility index (Phi) is 4.43. The van der Waals surface area contributed by atoms with Crippen molar-refractivity contribution in [2.45, 2.75) is 52.9 Å². The summed E-state index contributed by atoms with van der Waals surface area (Å²) in [6.45, 7) is 7.00. The molecule has 1 unspecified atom stereocenters. The molecule has 1 heterocycles. The molecule has 2 fully saturated rings. The average Bonchev–Trinajstić information content (AvgIpc) is 2.69. The maximum absolute atomic E-state index is 11.8. The standard InChI is InChI=1S/C15H27BrO2S/c1-14(2,3)12-4-7-15(11-16,8-5-12)13-6-9-19(17,18)10-13/h12-13H,4-11H2,1-3H3. The van der Waals surface area contributed by atoms with E-state index in [1.54, 1.807) is 0 Å². The molecule has 0 aromatic rings. The van der Waals surface area contributed by atoms with Gasteiger partial charge in [0.25, 0.3) is 0 Å². The average molecular weight is 351 g/mol. The second-order valence-corrected chi connectivity index (χ2v) is 10.5. The van der Waals surface area contributed by atoms with Crippen molar-refractivity contribution in [1.82, 2.24) is 0 Å². The minimum absolute atomic E-state index is 0.241. The number of halogens is 1. The van der Waals surface area contributed by atoms with Crippen molar-refractivity contribution in [3.05, 3.63) is 0 Å². The molecule has 112 valence electrons. The molecule has 2 nitrogen and oxygen atoms in total. The van der Waals surface area contributed by atoms with E-state index >= 15 is 0 Å². The normalized spacial score (nSPS) is 39.4. The summed E-state index contributed by atoms with van der Waals surface area (Å²) in [6.07, 6.45) is 5.78. The van der Waals surface area contributed by atoms with E-state index < -0.39 is 9.84 Å². The minimum atomic E-state index is -2.76. The molecule has 4 heteroatoms. The summed E-state index contributed by atoms with van der Waals surface area (Å²) in [7, 11) is -2.76. The molecular weight excluding hydrogens is 324 g/mol. The third-order valence-corrected chi connectivity index (χ3v) is 8.46. The molecule has 0 aromatic carbocycles. The fraction of sp³-hybridized carbons (Fsp3) is 1.00. The Labute approximate surface area is 126 Å². The summed E-state index contributed by atoms with van der Waals surface area (Å²) in [6, 6.07) is 0. The van der Waals surface area contributed by atoms with Crippen LogP contribution in [0.5, 0.6) is 0 Å². The van der Waals surface area contributed by atoms with Crippen molar-refractivity contribution in [3.8, 4) is 0 Å². The molecule has 1 aliphatic heterocycles. The second-order valence-electron chi connectivity index (χ2n) is 7.74. The first-order valence-electron chi connectivity index (χ1n) is 7.45. The van der Waals surface area contributed by atoms with Gasteiger partial charge in [0.15, 0.2) is 9.84 Å². The number of sulfone groups is 1. The molecule has 0 amide bonds. The molecule has 0 spiro atoms. The maximum atomic E-state index is 11.8. The highest BCUT2D eigenvalue weighted by Crippen LogP contribution is 2.52. The van der Waals surface area contributed by atoms with Gasteiger partial charge in [-0.2, -0.15) is 0 Å². The van der Waals surface area contributed by atoms with Crippen LogP contribution >= 0.6 is 15.9 Å². The summed E-state index contributed by atoms with van der Waals surface area (Å²) in [5.74, 6) is 2.02. The third-order valence-electron chi connectivity index (χ3n) is 5.57. The third kappa shape index (κ3) is 3.37. The van der Waals surface area contributed by atoms with Crippen LogP contribution in [0.4, 0.5) is 0 Å². The Hall–Kier alpha value is 0.430. The van der Waals surface area contributed by atoms with Gasteiger partial charge in [-0.25, -0.2) is 8.42 Å². The molecule has 2 aliphatic rings. The Morgan fingerprint density at radius 2 is 1.74 bits per heavy atom. The van der Waals surface area contributed by atoms with Crippen molar-refractivity contribution < 1.29 is 8.42 Å². The Bertz CT molecular complexity index is 414. The zero-order chi connectivity index (χ0) is 14.3. The van der Waals surface area contributed by atoms with Crippen molar-refractivity contribution in [1.29, 1.82) is 0 Å². The monoisotopic (exact) mass is 350 g/mol. The van der Waals surface area contributed by atoms with Gasteiger partial charge in [0.2, 0.25) is 0 Å². The zero-order valence-electron chi connectivity index (χ0n) is 12.4. The molecule has 1 saturated heterocycles. The first-order valence-corrected chi connectivity index (χ1v) is 10.4. The lowest BCUT2D eigenvalue weighted by molar-refractivity contribution is 0.0672. The van der Waals surface area contributed by atoms with E-state index in [0.29, 0.717) is 22.8 Å². The molecular formula is C15H27BrO2S. The zero-order valence-corrected chi connectivity index (χ0v) is 14.8. The van der Waals surface area contributed by atoms with Crippen LogP contribution in [-0.4, -0.2) is 25.3 Å². The lowest BCUT2D eigenvalue weighted by atomic mass is 9.60. The van der Waals surface area contributed by atoms with E-state index in [9.17, 15) is 8.42 Å². The second kappa shape index (κ2) is 5.32. The lowest BCUT2D eigenvalue weighted by Gasteiger charge is -2.46. The highest BCUT2D eigenvalue weighted by molar-refractivity contribution is 9.09. The van der Waals surface area contributed by atoms with Crippen LogP contribution in [0.2, 0.25) is 0 Å². The van der Waals surface area contributed by atoms with Crippen LogP contribution in [-0.2, 0) is 9.84 Å². The van der Waals surface area contributed by atoms with Crippen LogP contribution < -0.4 is 0 Å². The van der Waals surface area contributed by atoms with Crippen LogP contribution in [0.1, 0.15) is 52.9 Å². The van der Waals surface area contributed by atoms with Crippen LogP contribution in [0.15, 0.2) is 0 Å². The summed E-state index contributed by atoms with van der Waals surface area (Å²) < 4.78 is 23.5. The SMILES string of the molecule is CC(C)(C)C1CCC(CBr)(C2CCS(=O)(=O)C2)CC1. The molecule has 2 rings (SSSR count). The number of hydrogen-bond acceptors (Lipinski definition) is 2. The molecule has 1 saturated carbocycles. The van der Waals surface area contributed by atoms with E-state index in [0.717, 1.165) is 17.7 Å². The fourth-order valence-electron chi connectivity index (χ4n) is 3.99. The largest absolute Gasteiger partial charge is 0.229 e. The predicted octanol–water partition coefficient (Wildman–Crippen LogP) is 4.04. The van der Waals surface area contributed by atoms with Gasteiger partial charge < -0.3 is 0 Å². The number of alkyl halides is 1. The first kappa shape index (κ1) is 15.8. The van der Waals surface area contributed by atoms with Gasteiger partial charge in [-0.3, -0.25) is 0 Å². The molecule has 0 radical (unpaired) electrons. The van der Waals surface area contributed by atoms with E-state index in [2.05, 4.69) is 36.7 Å². The summed E-state index contributed by atoms with van der Waals surface area (Å²) in [5, 5.41) is 0.969. The van der Waals surface area contributed by atoms with Crippen LogP contribution in [0, 0.1) is 22.7 Å². The van der Waals surface area contributed by atoms with Gasteiger partial charge in [0.1, 0.15) is 0 Å². The van der Waals surface area contributed by atoms with Gasteiger partial charge in [0.05, 0.1) is 11.5 Å². The van der Waals surface area contributed by atoms with Gasteiger partial charge in [-0.15, -0.1) is 0 Å². The molecule has 0 aromatic heterocycles. The van der Waals surface area contributed by atoms with Crippen molar-refractivity contribution in [2.75, 3.05) is 16.8 Å². The van der Waals surface area contributed by atoms with E-state index in [1.165, 1.54) is 25.7 Å². The summed E-state index contributed by atoms with van der Waals surface area (Å²) in [5.41, 5.74) is 0.631. The van der Waals surface area contributed by atoms with Gasteiger partial charge in [0, 0.05) is 5.33 Å². The fourth-order valence-corrected chi connectivity index (χ4v) is 6.95. The molecule has 19 heavy (non-hydrogen) atoms. The molecule has 1 aliphatic carbocycles. The highest BCUT2D eigenvalue weighted by atomic mass is 79.9. The Balaban J connectivity index is 2.07. The first-order chi connectivity index (χ1) is 8.69. The van der Waals surface area contributed by atoms with Gasteiger partial charge in [-0.1, -0.05) is 36.7 Å². The lowest BCUT2D eigenvalue weighted by Crippen LogP contribution is -2.39. The van der Waals surface area contributed by atoms with Gasteiger partial charge in [-0.05, 0) is 54.8 Å². The molecule has 0 bridgehead atoms. The van der Waals surface area contributed by atoms with E-state index in [4.69, 9.17) is 0 Å². The summed E-state index contributed by atoms with van der Waals surface area (Å²) >= 11 is 3.69. The quantitative estimate of drug-likeness (QED) is 0.704. The smallest absolute Gasteiger partial charge is 0.150 e. The number of rotatable bonds is 2. The van der Waals surface area contributed by atoms with Crippen LogP contribution in [0.3, 0.4) is 0 Å².